The fourth-order valence-corrected chi connectivity index (χ4v) is 3.82. The van der Waals surface area contributed by atoms with Crippen LogP contribution in [0.4, 0.5) is 17.6 Å². The van der Waals surface area contributed by atoms with Crippen molar-refractivity contribution in [3.8, 4) is 0 Å². The van der Waals surface area contributed by atoms with Crippen molar-refractivity contribution in [2.24, 2.45) is 0 Å². The molecule has 0 amide bonds. The molecule has 1 aliphatic heterocycles. The van der Waals surface area contributed by atoms with Crippen LogP contribution in [0.3, 0.4) is 0 Å². The summed E-state index contributed by atoms with van der Waals surface area (Å²) in [6.45, 7) is 0. The first-order chi connectivity index (χ1) is 12.8. The van der Waals surface area contributed by atoms with Crippen LogP contribution in [0.25, 0.3) is 12.2 Å². The largest absolute Gasteiger partial charge is 0.289 e. The molecular weight excluding hydrogens is 423 g/mol. The number of hydrogen-bond acceptors (Lipinski definition) is 2. The Morgan fingerprint density at radius 2 is 1.19 bits per heavy atom. The SMILES string of the molecule is O=C1/C(=C/c2c(F)ccc(Cl)c2F)CSC/C1=C/c1c(F)ccc(Cl)c1F. The Hall–Kier alpha value is -1.76. The monoisotopic (exact) mass is 432 g/mol. The second kappa shape index (κ2) is 8.09. The molecule has 1 heterocycles. The van der Waals surface area contributed by atoms with Gasteiger partial charge in [0, 0.05) is 33.8 Å². The van der Waals surface area contributed by atoms with E-state index < -0.39 is 40.2 Å². The number of carbonyl (C=O) groups is 1. The van der Waals surface area contributed by atoms with Crippen molar-refractivity contribution in [1.82, 2.24) is 0 Å². The second-order valence-electron chi connectivity index (χ2n) is 5.67. The summed E-state index contributed by atoms with van der Waals surface area (Å²) in [4.78, 5) is 12.6. The molecule has 1 aliphatic rings. The van der Waals surface area contributed by atoms with Crippen LogP contribution in [0.5, 0.6) is 0 Å². The highest BCUT2D eigenvalue weighted by molar-refractivity contribution is 7.99. The minimum absolute atomic E-state index is 0.0976. The molecule has 2 aromatic rings. The zero-order chi connectivity index (χ0) is 19.7. The van der Waals surface area contributed by atoms with Crippen LogP contribution in [0, 0.1) is 23.3 Å². The highest BCUT2D eigenvalue weighted by Gasteiger charge is 2.24. The van der Waals surface area contributed by atoms with E-state index in [1.807, 2.05) is 0 Å². The van der Waals surface area contributed by atoms with Gasteiger partial charge in [-0.25, -0.2) is 17.6 Å². The molecule has 1 saturated heterocycles. The van der Waals surface area contributed by atoms with Gasteiger partial charge >= 0.3 is 0 Å². The Bertz CT molecular complexity index is 924. The maximum atomic E-state index is 14.1. The Balaban J connectivity index is 2.03. The lowest BCUT2D eigenvalue weighted by Crippen LogP contribution is -2.16. The van der Waals surface area contributed by atoms with Gasteiger partial charge in [0.1, 0.15) is 11.6 Å². The summed E-state index contributed by atoms with van der Waals surface area (Å²) in [5, 5.41) is -0.559. The summed E-state index contributed by atoms with van der Waals surface area (Å²) in [5.41, 5.74) is -0.679. The lowest BCUT2D eigenvalue weighted by atomic mass is 10.00. The summed E-state index contributed by atoms with van der Waals surface area (Å²) in [6.07, 6.45) is 2.15. The van der Waals surface area contributed by atoms with Crippen molar-refractivity contribution >= 4 is 52.9 Å². The summed E-state index contributed by atoms with van der Waals surface area (Å²) in [5.74, 6) is -3.86. The van der Waals surface area contributed by atoms with Crippen molar-refractivity contribution in [3.05, 3.63) is 79.9 Å². The van der Waals surface area contributed by atoms with E-state index in [4.69, 9.17) is 23.2 Å². The van der Waals surface area contributed by atoms with E-state index in [1.54, 1.807) is 0 Å². The number of hydrogen-bond donors (Lipinski definition) is 0. The summed E-state index contributed by atoms with van der Waals surface area (Å²) >= 11 is 12.6. The fraction of sp³-hybridized carbons (Fsp3) is 0.105. The molecule has 0 unspecified atom stereocenters. The van der Waals surface area contributed by atoms with E-state index >= 15 is 0 Å². The third-order valence-electron chi connectivity index (χ3n) is 3.89. The van der Waals surface area contributed by atoms with Gasteiger partial charge in [0.25, 0.3) is 0 Å². The zero-order valence-corrected chi connectivity index (χ0v) is 15.8. The molecule has 27 heavy (non-hydrogen) atoms. The number of halogens is 6. The summed E-state index contributed by atoms with van der Waals surface area (Å²) in [6, 6.07) is 4.13. The molecular formula is C19H10Cl2F4OS. The summed E-state index contributed by atoms with van der Waals surface area (Å²) in [7, 11) is 0. The third-order valence-corrected chi connectivity index (χ3v) is 5.51. The Morgan fingerprint density at radius 3 is 1.59 bits per heavy atom. The Kier molecular flexibility index (Phi) is 5.99. The van der Waals surface area contributed by atoms with Gasteiger partial charge < -0.3 is 0 Å². The lowest BCUT2D eigenvalue weighted by Gasteiger charge is -2.17. The van der Waals surface area contributed by atoms with Crippen LogP contribution in [0.15, 0.2) is 35.4 Å². The topological polar surface area (TPSA) is 17.1 Å². The average molecular weight is 433 g/mol. The quantitative estimate of drug-likeness (QED) is 0.313. The van der Waals surface area contributed by atoms with Crippen LogP contribution >= 0.6 is 35.0 Å². The number of thioether (sulfide) groups is 1. The Labute approximate surface area is 166 Å². The van der Waals surface area contributed by atoms with E-state index in [1.165, 1.54) is 11.8 Å². The van der Waals surface area contributed by atoms with Crippen LogP contribution < -0.4 is 0 Å². The number of rotatable bonds is 2. The molecule has 0 atom stereocenters. The van der Waals surface area contributed by atoms with Gasteiger partial charge in [0.2, 0.25) is 0 Å². The molecule has 8 heteroatoms. The van der Waals surface area contributed by atoms with E-state index in [-0.39, 0.29) is 32.7 Å². The van der Waals surface area contributed by atoms with E-state index in [9.17, 15) is 22.4 Å². The maximum absolute atomic E-state index is 14.1. The first kappa shape index (κ1) is 20.0. The van der Waals surface area contributed by atoms with Gasteiger partial charge in [-0.2, -0.15) is 11.8 Å². The van der Waals surface area contributed by atoms with Gasteiger partial charge in [-0.1, -0.05) is 23.2 Å². The van der Waals surface area contributed by atoms with Gasteiger partial charge in [-0.05, 0) is 36.4 Å². The minimum Gasteiger partial charge on any atom is -0.289 e. The highest BCUT2D eigenvalue weighted by atomic mass is 35.5. The first-order valence-corrected chi connectivity index (χ1v) is 9.51. The predicted octanol–water partition coefficient (Wildman–Crippen LogP) is 6.33. The van der Waals surface area contributed by atoms with Gasteiger partial charge in [0.15, 0.2) is 17.4 Å². The van der Waals surface area contributed by atoms with Gasteiger partial charge in [-0.15, -0.1) is 0 Å². The molecule has 0 aromatic heterocycles. The molecule has 0 aliphatic carbocycles. The highest BCUT2D eigenvalue weighted by Crippen LogP contribution is 2.31. The number of carbonyl (C=O) groups excluding carboxylic acids is 1. The van der Waals surface area contributed by atoms with Gasteiger partial charge in [0.05, 0.1) is 10.0 Å². The van der Waals surface area contributed by atoms with Crippen molar-refractivity contribution in [1.29, 1.82) is 0 Å². The molecule has 3 rings (SSSR count). The molecule has 0 radical (unpaired) electrons. The molecule has 0 spiro atoms. The number of benzene rings is 2. The Morgan fingerprint density at radius 1 is 0.778 bits per heavy atom. The molecule has 0 N–H and O–H groups in total. The number of ketones is 1. The molecule has 1 nitrogen and oxygen atoms in total. The van der Waals surface area contributed by atoms with Crippen LogP contribution in [-0.2, 0) is 4.79 Å². The van der Waals surface area contributed by atoms with Crippen molar-refractivity contribution in [2.45, 2.75) is 0 Å². The second-order valence-corrected chi connectivity index (χ2v) is 7.47. The average Bonchev–Trinajstić information content (AvgIpc) is 2.64. The van der Waals surface area contributed by atoms with Crippen LogP contribution in [0.1, 0.15) is 11.1 Å². The third kappa shape index (κ3) is 4.08. The molecule has 0 bridgehead atoms. The lowest BCUT2D eigenvalue weighted by molar-refractivity contribution is -0.112. The van der Waals surface area contributed by atoms with Crippen molar-refractivity contribution < 1.29 is 22.4 Å². The van der Waals surface area contributed by atoms with Crippen molar-refractivity contribution in [2.75, 3.05) is 11.5 Å². The van der Waals surface area contributed by atoms with Crippen LogP contribution in [-0.4, -0.2) is 17.3 Å². The molecule has 0 saturated carbocycles. The molecule has 2 aromatic carbocycles. The van der Waals surface area contributed by atoms with Crippen molar-refractivity contribution in [3.63, 3.8) is 0 Å². The van der Waals surface area contributed by atoms with Crippen LogP contribution in [0.2, 0.25) is 10.0 Å². The maximum Gasteiger partial charge on any atom is 0.186 e. The molecule has 140 valence electrons. The fourth-order valence-electron chi connectivity index (χ4n) is 2.52. The van der Waals surface area contributed by atoms with E-state index in [0.29, 0.717) is 0 Å². The molecule has 1 fully saturated rings. The smallest absolute Gasteiger partial charge is 0.186 e. The first-order valence-electron chi connectivity index (χ1n) is 7.60. The number of Topliss-reactive ketones (excluding diaryl/α,β-unsaturated/α-hetero) is 1. The zero-order valence-electron chi connectivity index (χ0n) is 13.5. The minimum atomic E-state index is -0.981. The van der Waals surface area contributed by atoms with E-state index in [0.717, 1.165) is 36.4 Å². The van der Waals surface area contributed by atoms with Gasteiger partial charge in [-0.3, -0.25) is 4.79 Å². The van der Waals surface area contributed by atoms with E-state index in [2.05, 4.69) is 0 Å². The normalized spacial score (nSPS) is 17.8. The summed E-state index contributed by atoms with van der Waals surface area (Å²) < 4.78 is 56.0. The predicted molar refractivity (Wildman–Crippen MR) is 101 cm³/mol. The standard InChI is InChI=1S/C19H10Cl2F4OS/c20-13-1-3-15(22)11(17(13)24)5-9-7-27-8-10(19(9)26)6-12-16(23)4-2-14(21)18(12)25/h1-6H,7-8H2/b9-5-,10-6+.